The van der Waals surface area contributed by atoms with Crippen LogP contribution in [-0.4, -0.2) is 5.75 Å². The van der Waals surface area contributed by atoms with E-state index in [9.17, 15) is 4.39 Å². The Balaban J connectivity index is 2.00. The van der Waals surface area contributed by atoms with E-state index in [0.29, 0.717) is 15.8 Å². The van der Waals surface area contributed by atoms with Gasteiger partial charge in [0.1, 0.15) is 5.82 Å². The molecule has 0 radical (unpaired) electrons. The van der Waals surface area contributed by atoms with Gasteiger partial charge in [0.15, 0.2) is 0 Å². The summed E-state index contributed by atoms with van der Waals surface area (Å²) in [5.41, 5.74) is 6.82. The van der Waals surface area contributed by atoms with E-state index in [-0.39, 0.29) is 11.9 Å². The minimum absolute atomic E-state index is 0.227. The first-order valence-corrected chi connectivity index (χ1v) is 7.39. The number of benzene rings is 2. The van der Waals surface area contributed by atoms with Crippen molar-refractivity contribution in [2.75, 3.05) is 5.75 Å². The fourth-order valence-corrected chi connectivity index (χ4v) is 2.88. The molecule has 1 atom stereocenters. The Labute approximate surface area is 125 Å². The van der Waals surface area contributed by atoms with Crippen LogP contribution in [0.4, 0.5) is 4.39 Å². The molecule has 2 aromatic carbocycles. The predicted octanol–water partition coefficient (Wildman–Crippen LogP) is 4.92. The number of rotatable bonds is 4. The molecular weight excluding hydrogens is 304 g/mol. The number of thioether (sulfide) groups is 1. The van der Waals surface area contributed by atoms with Crippen LogP contribution in [0.1, 0.15) is 11.6 Å². The van der Waals surface area contributed by atoms with Crippen molar-refractivity contribution >= 4 is 35.0 Å². The Morgan fingerprint density at radius 2 is 1.89 bits per heavy atom. The lowest BCUT2D eigenvalue weighted by molar-refractivity contribution is 0.622. The second-order valence-electron chi connectivity index (χ2n) is 4.05. The Kier molecular flexibility index (Phi) is 5.11. The highest BCUT2D eigenvalue weighted by Crippen LogP contribution is 2.29. The maximum Gasteiger partial charge on any atom is 0.123 e. The molecular formula is C14H12Cl2FNS. The molecule has 2 aromatic rings. The molecule has 0 aliphatic rings. The Morgan fingerprint density at radius 3 is 2.58 bits per heavy atom. The van der Waals surface area contributed by atoms with Gasteiger partial charge in [-0.05, 0) is 35.9 Å². The summed E-state index contributed by atoms with van der Waals surface area (Å²) in [4.78, 5) is 0.987. The summed E-state index contributed by atoms with van der Waals surface area (Å²) >= 11 is 13.4. The first kappa shape index (κ1) is 14.7. The van der Waals surface area contributed by atoms with Crippen LogP contribution in [0.2, 0.25) is 10.0 Å². The van der Waals surface area contributed by atoms with Crippen molar-refractivity contribution in [1.29, 1.82) is 0 Å². The van der Waals surface area contributed by atoms with Gasteiger partial charge in [-0.3, -0.25) is 0 Å². The molecule has 0 heterocycles. The molecule has 0 spiro atoms. The second kappa shape index (κ2) is 6.62. The molecule has 2 N–H and O–H groups in total. The molecule has 0 fully saturated rings. The molecule has 0 saturated heterocycles. The van der Waals surface area contributed by atoms with Gasteiger partial charge >= 0.3 is 0 Å². The Bertz CT molecular complexity index is 577. The fourth-order valence-electron chi connectivity index (χ4n) is 1.59. The quantitative estimate of drug-likeness (QED) is 0.810. The van der Waals surface area contributed by atoms with Gasteiger partial charge in [0.25, 0.3) is 0 Å². The number of halogens is 3. The lowest BCUT2D eigenvalue weighted by Crippen LogP contribution is -2.13. The largest absolute Gasteiger partial charge is 0.323 e. The minimum Gasteiger partial charge on any atom is -0.323 e. The lowest BCUT2D eigenvalue weighted by atomic mass is 10.1. The second-order valence-corrected chi connectivity index (χ2v) is 5.96. The molecule has 0 amide bonds. The van der Waals surface area contributed by atoms with E-state index in [4.69, 9.17) is 28.9 Å². The highest BCUT2D eigenvalue weighted by Gasteiger charge is 2.08. The van der Waals surface area contributed by atoms with Crippen molar-refractivity contribution in [2.45, 2.75) is 10.9 Å². The topological polar surface area (TPSA) is 26.0 Å². The summed E-state index contributed by atoms with van der Waals surface area (Å²) in [6, 6.07) is 11.6. The van der Waals surface area contributed by atoms with E-state index < -0.39 is 0 Å². The van der Waals surface area contributed by atoms with Gasteiger partial charge in [-0.1, -0.05) is 35.3 Å². The molecule has 0 aliphatic heterocycles. The van der Waals surface area contributed by atoms with Gasteiger partial charge in [-0.25, -0.2) is 4.39 Å². The zero-order valence-electron chi connectivity index (χ0n) is 9.95. The summed E-state index contributed by atoms with van der Waals surface area (Å²) in [5.74, 6) is 0.369. The molecule has 0 bridgehead atoms. The molecule has 19 heavy (non-hydrogen) atoms. The van der Waals surface area contributed by atoms with Crippen LogP contribution in [-0.2, 0) is 0 Å². The summed E-state index contributed by atoms with van der Waals surface area (Å²) < 4.78 is 13.1. The van der Waals surface area contributed by atoms with Gasteiger partial charge in [0, 0.05) is 16.7 Å². The standard InChI is InChI=1S/C14H12Cl2FNS/c15-12-5-4-11(7-13(12)16)19-8-14(18)9-2-1-3-10(17)6-9/h1-7,14H,8,18H2. The molecule has 1 unspecified atom stereocenters. The van der Waals surface area contributed by atoms with Crippen LogP contribution in [0.5, 0.6) is 0 Å². The van der Waals surface area contributed by atoms with Gasteiger partial charge in [0.2, 0.25) is 0 Å². The Morgan fingerprint density at radius 1 is 1.11 bits per heavy atom. The third-order valence-electron chi connectivity index (χ3n) is 2.60. The van der Waals surface area contributed by atoms with E-state index in [0.717, 1.165) is 10.5 Å². The van der Waals surface area contributed by atoms with Crippen LogP contribution in [0.3, 0.4) is 0 Å². The number of hydrogen-bond donors (Lipinski definition) is 1. The zero-order chi connectivity index (χ0) is 13.8. The predicted molar refractivity (Wildman–Crippen MR) is 80.5 cm³/mol. The number of nitrogens with two attached hydrogens (primary N) is 1. The van der Waals surface area contributed by atoms with Gasteiger partial charge < -0.3 is 5.73 Å². The van der Waals surface area contributed by atoms with Crippen molar-refractivity contribution in [3.8, 4) is 0 Å². The van der Waals surface area contributed by atoms with E-state index in [1.165, 1.54) is 12.1 Å². The molecule has 0 saturated carbocycles. The monoisotopic (exact) mass is 315 g/mol. The minimum atomic E-state index is -0.271. The van der Waals surface area contributed by atoms with Crippen molar-refractivity contribution in [2.24, 2.45) is 5.73 Å². The van der Waals surface area contributed by atoms with Crippen LogP contribution >= 0.6 is 35.0 Å². The van der Waals surface area contributed by atoms with Gasteiger partial charge in [-0.15, -0.1) is 11.8 Å². The zero-order valence-corrected chi connectivity index (χ0v) is 12.3. The summed E-state index contributed by atoms with van der Waals surface area (Å²) in [6.07, 6.45) is 0. The molecule has 1 nitrogen and oxygen atoms in total. The summed E-state index contributed by atoms with van der Waals surface area (Å²) in [5, 5.41) is 1.05. The highest BCUT2D eigenvalue weighted by molar-refractivity contribution is 7.99. The van der Waals surface area contributed by atoms with Gasteiger partial charge in [0.05, 0.1) is 10.0 Å². The van der Waals surface area contributed by atoms with Crippen molar-refractivity contribution in [3.63, 3.8) is 0 Å². The summed E-state index contributed by atoms with van der Waals surface area (Å²) in [7, 11) is 0. The Hall–Kier alpha value is -0.740. The van der Waals surface area contributed by atoms with Crippen LogP contribution in [0.15, 0.2) is 47.4 Å². The SMILES string of the molecule is NC(CSc1ccc(Cl)c(Cl)c1)c1cccc(F)c1. The maximum absolute atomic E-state index is 13.1. The van der Waals surface area contributed by atoms with E-state index in [1.54, 1.807) is 30.0 Å². The van der Waals surface area contributed by atoms with Crippen LogP contribution in [0.25, 0.3) is 0 Å². The first-order valence-electron chi connectivity index (χ1n) is 5.65. The molecule has 5 heteroatoms. The van der Waals surface area contributed by atoms with Crippen LogP contribution in [0, 0.1) is 5.82 Å². The first-order chi connectivity index (χ1) is 9.06. The lowest BCUT2D eigenvalue weighted by Gasteiger charge is -2.12. The smallest absolute Gasteiger partial charge is 0.123 e. The maximum atomic E-state index is 13.1. The van der Waals surface area contributed by atoms with Crippen molar-refractivity contribution in [1.82, 2.24) is 0 Å². The molecule has 100 valence electrons. The average molecular weight is 316 g/mol. The fraction of sp³-hybridized carbons (Fsp3) is 0.143. The van der Waals surface area contributed by atoms with E-state index >= 15 is 0 Å². The van der Waals surface area contributed by atoms with Crippen LogP contribution < -0.4 is 5.73 Å². The van der Waals surface area contributed by atoms with Crippen molar-refractivity contribution < 1.29 is 4.39 Å². The van der Waals surface area contributed by atoms with E-state index in [2.05, 4.69) is 0 Å². The normalized spacial score (nSPS) is 12.4. The summed E-state index contributed by atoms with van der Waals surface area (Å²) in [6.45, 7) is 0. The molecule has 2 rings (SSSR count). The molecule has 0 aromatic heterocycles. The van der Waals surface area contributed by atoms with Crippen molar-refractivity contribution in [3.05, 3.63) is 63.9 Å². The van der Waals surface area contributed by atoms with E-state index in [1.807, 2.05) is 12.1 Å². The third-order valence-corrected chi connectivity index (χ3v) is 4.45. The van der Waals surface area contributed by atoms with Gasteiger partial charge in [-0.2, -0.15) is 0 Å². The third kappa shape index (κ3) is 4.11. The number of hydrogen-bond acceptors (Lipinski definition) is 2. The average Bonchev–Trinajstić information content (AvgIpc) is 2.40. The highest BCUT2D eigenvalue weighted by atomic mass is 35.5. The molecule has 0 aliphatic carbocycles.